The Morgan fingerprint density at radius 1 is 1.28 bits per heavy atom. The summed E-state index contributed by atoms with van der Waals surface area (Å²) in [6, 6.07) is 2.44. The van der Waals surface area contributed by atoms with Gasteiger partial charge in [0.05, 0.1) is 17.6 Å². The molecule has 0 atom stereocenters. The molecule has 18 heavy (non-hydrogen) atoms. The minimum Gasteiger partial charge on any atom is -0.465 e. The van der Waals surface area contributed by atoms with Gasteiger partial charge in [-0.1, -0.05) is 0 Å². The number of methoxy groups -OCH3 is 1. The van der Waals surface area contributed by atoms with Crippen molar-refractivity contribution in [3.05, 3.63) is 28.8 Å². The van der Waals surface area contributed by atoms with E-state index >= 15 is 0 Å². The van der Waals surface area contributed by atoms with Crippen LogP contribution < -0.4 is 0 Å². The summed E-state index contributed by atoms with van der Waals surface area (Å²) in [5.41, 5.74) is 0.0979. The molecule has 1 aromatic carbocycles. The van der Waals surface area contributed by atoms with Crippen LogP contribution in [0.3, 0.4) is 0 Å². The number of sulfone groups is 1. The van der Waals surface area contributed by atoms with Crippen molar-refractivity contribution in [2.24, 2.45) is 0 Å². The molecule has 7 heteroatoms. The molecule has 0 fully saturated rings. The molecule has 0 radical (unpaired) electrons. The van der Waals surface area contributed by atoms with Gasteiger partial charge in [0.2, 0.25) is 0 Å². The van der Waals surface area contributed by atoms with Gasteiger partial charge in [-0.05, 0) is 36.2 Å². The molecule has 98 valence electrons. The van der Waals surface area contributed by atoms with Crippen molar-refractivity contribution in [1.82, 2.24) is 0 Å². The van der Waals surface area contributed by atoms with Gasteiger partial charge in [-0.15, -0.1) is 0 Å². The zero-order chi connectivity index (χ0) is 14.1. The van der Waals surface area contributed by atoms with Gasteiger partial charge < -0.3 is 4.74 Å². The molecule has 0 unspecified atom stereocenters. The maximum absolute atomic E-state index is 11.6. The third-order valence-electron chi connectivity index (χ3n) is 2.43. The summed E-state index contributed by atoms with van der Waals surface area (Å²) in [7, 11) is -2.48. The molecule has 1 aromatic rings. The van der Waals surface area contributed by atoms with E-state index in [0.29, 0.717) is 0 Å². The SMILES string of the molecule is COC(=O)c1c(S(C)(=O)=O)ccc(C(=O)Cl)c1C. The molecule has 1 rings (SSSR count). The van der Waals surface area contributed by atoms with E-state index in [9.17, 15) is 18.0 Å². The first kappa shape index (κ1) is 14.7. The Morgan fingerprint density at radius 3 is 2.22 bits per heavy atom. The van der Waals surface area contributed by atoms with Crippen LogP contribution in [0.25, 0.3) is 0 Å². The average Bonchev–Trinajstić information content (AvgIpc) is 2.25. The van der Waals surface area contributed by atoms with Gasteiger partial charge in [0.1, 0.15) is 0 Å². The smallest absolute Gasteiger partial charge is 0.339 e. The first-order chi connectivity index (χ1) is 8.20. The molecule has 0 spiro atoms. The van der Waals surface area contributed by atoms with E-state index in [2.05, 4.69) is 4.74 Å². The molecular formula is C11H11ClO5S. The van der Waals surface area contributed by atoms with Crippen LogP contribution >= 0.6 is 11.6 Å². The van der Waals surface area contributed by atoms with Crippen LogP contribution in [0.15, 0.2) is 17.0 Å². The van der Waals surface area contributed by atoms with Crippen LogP contribution in [-0.4, -0.2) is 33.0 Å². The van der Waals surface area contributed by atoms with E-state index in [-0.39, 0.29) is 21.6 Å². The first-order valence-corrected chi connectivity index (χ1v) is 7.09. The number of ether oxygens (including phenoxy) is 1. The highest BCUT2D eigenvalue weighted by atomic mass is 35.5. The maximum atomic E-state index is 11.6. The van der Waals surface area contributed by atoms with Crippen LogP contribution in [0.2, 0.25) is 0 Å². The number of carbonyl (C=O) groups is 2. The predicted molar refractivity (Wildman–Crippen MR) is 65.8 cm³/mol. The second-order valence-electron chi connectivity index (χ2n) is 3.65. The fraction of sp³-hybridized carbons (Fsp3) is 0.273. The zero-order valence-corrected chi connectivity index (χ0v) is 11.6. The van der Waals surface area contributed by atoms with Crippen molar-refractivity contribution in [2.75, 3.05) is 13.4 Å². The number of esters is 1. The molecule has 0 bridgehead atoms. The van der Waals surface area contributed by atoms with Gasteiger partial charge in [0.25, 0.3) is 5.24 Å². The second-order valence-corrected chi connectivity index (χ2v) is 5.98. The van der Waals surface area contributed by atoms with E-state index in [1.165, 1.54) is 19.1 Å². The zero-order valence-electron chi connectivity index (χ0n) is 9.98. The Bertz CT molecular complexity index is 619. The molecule has 0 aliphatic rings. The fourth-order valence-corrected chi connectivity index (χ4v) is 2.69. The molecular weight excluding hydrogens is 280 g/mol. The number of benzene rings is 1. The van der Waals surface area contributed by atoms with Gasteiger partial charge in [-0.25, -0.2) is 13.2 Å². The van der Waals surface area contributed by atoms with Crippen molar-refractivity contribution in [3.63, 3.8) is 0 Å². The minimum absolute atomic E-state index is 0.0736. The van der Waals surface area contributed by atoms with Crippen LogP contribution in [0.5, 0.6) is 0 Å². The van der Waals surface area contributed by atoms with Crippen LogP contribution in [0, 0.1) is 6.92 Å². The van der Waals surface area contributed by atoms with E-state index in [1.54, 1.807) is 0 Å². The highest BCUT2D eigenvalue weighted by Crippen LogP contribution is 2.24. The highest BCUT2D eigenvalue weighted by molar-refractivity contribution is 7.90. The summed E-state index contributed by atoms with van der Waals surface area (Å²) in [4.78, 5) is 22.6. The summed E-state index contributed by atoms with van der Waals surface area (Å²) in [5, 5.41) is -0.766. The van der Waals surface area contributed by atoms with Crippen LogP contribution in [-0.2, 0) is 14.6 Å². The average molecular weight is 291 g/mol. The lowest BCUT2D eigenvalue weighted by Crippen LogP contribution is -2.14. The number of carbonyl (C=O) groups excluding carboxylic acids is 2. The Balaban J connectivity index is 3.73. The van der Waals surface area contributed by atoms with Crippen molar-refractivity contribution >= 4 is 32.6 Å². The summed E-state index contributed by atoms with van der Waals surface area (Å²) >= 11 is 5.35. The lowest BCUT2D eigenvalue weighted by molar-refractivity contribution is 0.0595. The predicted octanol–water partition coefficient (Wildman–Crippen LogP) is 1.56. The molecule has 0 amide bonds. The Kier molecular flexibility index (Phi) is 4.13. The monoisotopic (exact) mass is 290 g/mol. The quantitative estimate of drug-likeness (QED) is 0.624. The summed E-state index contributed by atoms with van der Waals surface area (Å²) in [6.07, 6.45) is 0.969. The Morgan fingerprint density at radius 2 is 1.83 bits per heavy atom. The van der Waals surface area contributed by atoms with Gasteiger partial charge in [-0.2, -0.15) is 0 Å². The van der Waals surface area contributed by atoms with Gasteiger partial charge in [-0.3, -0.25) is 4.79 Å². The standard InChI is InChI=1S/C11H11ClO5S/c1-6-7(10(12)13)4-5-8(18(3,15)16)9(6)11(14)17-2/h4-5H,1-3H3. The van der Waals surface area contributed by atoms with E-state index < -0.39 is 21.0 Å². The minimum atomic E-state index is -3.61. The van der Waals surface area contributed by atoms with Crippen molar-refractivity contribution < 1.29 is 22.7 Å². The number of hydrogen-bond donors (Lipinski definition) is 0. The summed E-state index contributed by atoms with van der Waals surface area (Å²) < 4.78 is 27.7. The van der Waals surface area contributed by atoms with Gasteiger partial charge in [0.15, 0.2) is 9.84 Å². The summed E-state index contributed by atoms with van der Waals surface area (Å²) in [5.74, 6) is -0.826. The molecule has 0 aromatic heterocycles. The van der Waals surface area contributed by atoms with E-state index in [1.807, 2.05) is 0 Å². The van der Waals surface area contributed by atoms with Crippen LogP contribution in [0.1, 0.15) is 26.3 Å². The Labute approximate surface area is 110 Å². The molecule has 0 aliphatic heterocycles. The molecule has 0 saturated carbocycles. The second kappa shape index (κ2) is 5.07. The lowest BCUT2D eigenvalue weighted by atomic mass is 10.0. The topological polar surface area (TPSA) is 77.5 Å². The lowest BCUT2D eigenvalue weighted by Gasteiger charge is -2.11. The summed E-state index contributed by atoms with van der Waals surface area (Å²) in [6.45, 7) is 1.44. The molecule has 0 saturated heterocycles. The largest absolute Gasteiger partial charge is 0.465 e. The fourth-order valence-electron chi connectivity index (χ4n) is 1.56. The number of hydrogen-bond acceptors (Lipinski definition) is 5. The van der Waals surface area contributed by atoms with Gasteiger partial charge >= 0.3 is 5.97 Å². The van der Waals surface area contributed by atoms with Crippen molar-refractivity contribution in [3.8, 4) is 0 Å². The molecule has 5 nitrogen and oxygen atoms in total. The third kappa shape index (κ3) is 2.70. The van der Waals surface area contributed by atoms with Crippen molar-refractivity contribution in [1.29, 1.82) is 0 Å². The molecule has 0 aliphatic carbocycles. The van der Waals surface area contributed by atoms with E-state index in [0.717, 1.165) is 13.4 Å². The molecule has 0 N–H and O–H groups in total. The first-order valence-electron chi connectivity index (χ1n) is 4.82. The third-order valence-corrected chi connectivity index (χ3v) is 3.77. The Hall–Kier alpha value is -1.40. The van der Waals surface area contributed by atoms with Crippen molar-refractivity contribution in [2.45, 2.75) is 11.8 Å². The van der Waals surface area contributed by atoms with Gasteiger partial charge in [0, 0.05) is 11.8 Å². The van der Waals surface area contributed by atoms with Crippen LogP contribution in [0.4, 0.5) is 0 Å². The number of halogens is 1. The van der Waals surface area contributed by atoms with E-state index in [4.69, 9.17) is 11.6 Å². The molecule has 0 heterocycles. The normalized spacial score (nSPS) is 11.1. The number of rotatable bonds is 3. The highest BCUT2D eigenvalue weighted by Gasteiger charge is 2.24. The maximum Gasteiger partial charge on any atom is 0.339 e.